The van der Waals surface area contributed by atoms with Gasteiger partial charge in [-0.25, -0.2) is 8.42 Å². The van der Waals surface area contributed by atoms with Gasteiger partial charge in [-0.2, -0.15) is 0 Å². The maximum Gasteiger partial charge on any atom is 0.261 e. The number of carbonyl (C=O) groups is 1. The number of ether oxygens (including phenoxy) is 1. The van der Waals surface area contributed by atoms with Crippen molar-refractivity contribution in [3.63, 3.8) is 0 Å². The molecular formula is C22H22N2O4S. The van der Waals surface area contributed by atoms with Gasteiger partial charge < -0.3 is 10.1 Å². The number of aryl methyl sites for hydroxylation is 2. The molecule has 7 heteroatoms. The number of amides is 1. The van der Waals surface area contributed by atoms with Gasteiger partial charge in [-0.15, -0.1) is 0 Å². The van der Waals surface area contributed by atoms with Crippen molar-refractivity contribution >= 4 is 27.3 Å². The molecule has 0 heterocycles. The highest BCUT2D eigenvalue weighted by Gasteiger charge is 2.15. The Balaban J connectivity index is 1.72. The highest BCUT2D eigenvalue weighted by atomic mass is 32.2. The number of nitrogens with one attached hydrogen (secondary N) is 2. The zero-order valence-electron chi connectivity index (χ0n) is 16.4. The van der Waals surface area contributed by atoms with E-state index in [0.717, 1.165) is 11.1 Å². The fourth-order valence-electron chi connectivity index (χ4n) is 2.79. The summed E-state index contributed by atoms with van der Waals surface area (Å²) in [6, 6.07) is 18.2. The number of sulfonamides is 1. The molecule has 0 bridgehead atoms. The summed E-state index contributed by atoms with van der Waals surface area (Å²) in [5.41, 5.74) is 3.40. The van der Waals surface area contributed by atoms with Crippen molar-refractivity contribution in [3.8, 4) is 5.75 Å². The van der Waals surface area contributed by atoms with E-state index in [0.29, 0.717) is 22.7 Å². The molecule has 0 radical (unpaired) electrons. The Morgan fingerprint density at radius 3 is 2.14 bits per heavy atom. The van der Waals surface area contributed by atoms with Crippen molar-refractivity contribution in [1.29, 1.82) is 0 Å². The van der Waals surface area contributed by atoms with Gasteiger partial charge in [0, 0.05) is 11.3 Å². The van der Waals surface area contributed by atoms with E-state index in [1.165, 1.54) is 12.1 Å². The molecule has 0 atom stereocenters. The fraction of sp³-hybridized carbons (Fsp3) is 0.136. The van der Waals surface area contributed by atoms with E-state index >= 15 is 0 Å². The van der Waals surface area contributed by atoms with Gasteiger partial charge in [-0.1, -0.05) is 17.7 Å². The molecule has 3 aromatic carbocycles. The zero-order chi connectivity index (χ0) is 21.0. The zero-order valence-corrected chi connectivity index (χ0v) is 17.2. The summed E-state index contributed by atoms with van der Waals surface area (Å²) in [4.78, 5) is 12.4. The summed E-state index contributed by atoms with van der Waals surface area (Å²) in [5, 5.41) is 2.74. The molecule has 0 spiro atoms. The highest BCUT2D eigenvalue weighted by molar-refractivity contribution is 7.92. The molecule has 0 aromatic heterocycles. The van der Waals surface area contributed by atoms with E-state index in [1.807, 2.05) is 26.0 Å². The van der Waals surface area contributed by atoms with Crippen LogP contribution in [0.5, 0.6) is 5.75 Å². The summed E-state index contributed by atoms with van der Waals surface area (Å²) < 4.78 is 33.0. The Bertz CT molecular complexity index is 1120. The average Bonchev–Trinajstić information content (AvgIpc) is 2.70. The molecule has 6 nitrogen and oxygen atoms in total. The van der Waals surface area contributed by atoms with Crippen molar-refractivity contribution in [1.82, 2.24) is 0 Å². The molecule has 150 valence electrons. The molecule has 0 saturated heterocycles. The van der Waals surface area contributed by atoms with Gasteiger partial charge in [-0.05, 0) is 74.0 Å². The number of anilines is 2. The van der Waals surface area contributed by atoms with Crippen molar-refractivity contribution < 1.29 is 17.9 Å². The minimum absolute atomic E-state index is 0.111. The van der Waals surface area contributed by atoms with E-state index in [9.17, 15) is 13.2 Å². The predicted molar refractivity (Wildman–Crippen MR) is 114 cm³/mol. The molecule has 29 heavy (non-hydrogen) atoms. The Kier molecular flexibility index (Phi) is 5.89. The predicted octanol–water partition coefficient (Wildman–Crippen LogP) is 4.37. The van der Waals surface area contributed by atoms with Crippen LogP contribution in [0, 0.1) is 13.8 Å². The third-order valence-electron chi connectivity index (χ3n) is 4.40. The van der Waals surface area contributed by atoms with Crippen molar-refractivity contribution in [2.45, 2.75) is 18.7 Å². The Morgan fingerprint density at radius 1 is 0.897 bits per heavy atom. The van der Waals surface area contributed by atoms with Crippen LogP contribution in [-0.4, -0.2) is 21.4 Å². The van der Waals surface area contributed by atoms with Crippen molar-refractivity contribution in [3.05, 3.63) is 83.4 Å². The summed E-state index contributed by atoms with van der Waals surface area (Å²) in [7, 11) is -2.18. The third-order valence-corrected chi connectivity index (χ3v) is 5.78. The quantitative estimate of drug-likeness (QED) is 0.632. The van der Waals surface area contributed by atoms with Crippen LogP contribution in [0.2, 0.25) is 0 Å². The second-order valence-corrected chi connectivity index (χ2v) is 8.31. The van der Waals surface area contributed by atoms with Crippen LogP contribution >= 0.6 is 0 Å². The van der Waals surface area contributed by atoms with Gasteiger partial charge in [0.25, 0.3) is 15.9 Å². The summed E-state index contributed by atoms with van der Waals surface area (Å²) >= 11 is 0. The molecule has 1 amide bonds. The minimum atomic E-state index is -3.73. The molecule has 0 aliphatic rings. The summed E-state index contributed by atoms with van der Waals surface area (Å²) in [6.45, 7) is 3.80. The molecule has 3 rings (SSSR count). The number of rotatable bonds is 6. The Morgan fingerprint density at radius 2 is 1.55 bits per heavy atom. The van der Waals surface area contributed by atoms with Crippen molar-refractivity contribution in [2.75, 3.05) is 17.1 Å². The van der Waals surface area contributed by atoms with Gasteiger partial charge in [-0.3, -0.25) is 9.52 Å². The molecule has 0 saturated carbocycles. The van der Waals surface area contributed by atoms with E-state index in [4.69, 9.17) is 4.74 Å². The average molecular weight is 410 g/mol. The summed E-state index contributed by atoms with van der Waals surface area (Å²) in [5.74, 6) is 0.365. The van der Waals surface area contributed by atoms with Crippen LogP contribution in [0.1, 0.15) is 21.5 Å². The lowest BCUT2D eigenvalue weighted by Gasteiger charge is -2.12. The largest absolute Gasteiger partial charge is 0.497 e. The van der Waals surface area contributed by atoms with E-state index in [2.05, 4.69) is 10.0 Å². The first-order valence-corrected chi connectivity index (χ1v) is 10.4. The number of carbonyl (C=O) groups excluding carboxylic acids is 1. The van der Waals surface area contributed by atoms with Crippen LogP contribution in [0.15, 0.2) is 71.6 Å². The highest BCUT2D eigenvalue weighted by Crippen LogP contribution is 2.22. The molecular weight excluding hydrogens is 388 g/mol. The second kappa shape index (κ2) is 8.36. The van der Waals surface area contributed by atoms with Crippen LogP contribution in [0.3, 0.4) is 0 Å². The van der Waals surface area contributed by atoms with Crippen LogP contribution < -0.4 is 14.8 Å². The molecule has 0 fully saturated rings. The van der Waals surface area contributed by atoms with Gasteiger partial charge in [0.1, 0.15) is 5.75 Å². The third kappa shape index (κ3) is 4.94. The lowest BCUT2D eigenvalue weighted by molar-refractivity contribution is 0.102. The topological polar surface area (TPSA) is 84.5 Å². The molecule has 0 aliphatic carbocycles. The number of hydrogen-bond donors (Lipinski definition) is 2. The first kappa shape index (κ1) is 20.4. The lowest BCUT2D eigenvalue weighted by Crippen LogP contribution is -2.14. The fourth-order valence-corrected chi connectivity index (χ4v) is 3.93. The SMILES string of the molecule is COc1ccc(C(=O)Nc2ccc(S(=O)(=O)Nc3ccc(C)cc3C)cc2)cc1. The van der Waals surface area contributed by atoms with Crippen LogP contribution in [0.25, 0.3) is 0 Å². The molecule has 3 aromatic rings. The Hall–Kier alpha value is -3.32. The summed E-state index contributed by atoms with van der Waals surface area (Å²) in [6.07, 6.45) is 0. The van der Waals surface area contributed by atoms with Crippen LogP contribution in [0.4, 0.5) is 11.4 Å². The maximum absolute atomic E-state index is 12.6. The van der Waals surface area contributed by atoms with E-state index in [-0.39, 0.29) is 10.8 Å². The van der Waals surface area contributed by atoms with E-state index < -0.39 is 10.0 Å². The monoisotopic (exact) mass is 410 g/mol. The molecule has 0 aliphatic heterocycles. The van der Waals surface area contributed by atoms with Crippen LogP contribution in [-0.2, 0) is 10.0 Å². The number of methoxy groups -OCH3 is 1. The van der Waals surface area contributed by atoms with Gasteiger partial charge in [0.15, 0.2) is 0 Å². The normalized spacial score (nSPS) is 11.0. The smallest absolute Gasteiger partial charge is 0.261 e. The Labute approximate surface area is 170 Å². The van der Waals surface area contributed by atoms with Crippen molar-refractivity contribution in [2.24, 2.45) is 0 Å². The van der Waals surface area contributed by atoms with Gasteiger partial charge >= 0.3 is 0 Å². The van der Waals surface area contributed by atoms with E-state index in [1.54, 1.807) is 49.6 Å². The van der Waals surface area contributed by atoms with Gasteiger partial charge in [0.2, 0.25) is 0 Å². The molecule has 2 N–H and O–H groups in total. The van der Waals surface area contributed by atoms with Gasteiger partial charge in [0.05, 0.1) is 17.7 Å². The standard InChI is InChI=1S/C22H22N2O4S/c1-15-4-13-21(16(2)14-15)24-29(26,27)20-11-7-18(8-12-20)23-22(25)17-5-9-19(28-3)10-6-17/h4-14,24H,1-3H3,(H,23,25). The molecule has 0 unspecified atom stereocenters. The maximum atomic E-state index is 12.6. The first-order valence-electron chi connectivity index (χ1n) is 8.94. The first-order chi connectivity index (χ1) is 13.8. The second-order valence-electron chi connectivity index (χ2n) is 6.63. The number of benzene rings is 3. The number of hydrogen-bond acceptors (Lipinski definition) is 4. The minimum Gasteiger partial charge on any atom is -0.497 e. The lowest BCUT2D eigenvalue weighted by atomic mass is 10.1.